The quantitative estimate of drug-likeness (QED) is 0.559. The average molecular weight is 382 g/mol. The van der Waals surface area contributed by atoms with Crippen LogP contribution in [0.25, 0.3) is 0 Å². The third kappa shape index (κ3) is 5.41. The number of nitrogens with zero attached hydrogens (tertiary/aromatic N) is 1. The van der Waals surface area contributed by atoms with Gasteiger partial charge in [-0.05, 0) is 61.8 Å². The Balaban J connectivity index is 2.35. The Morgan fingerprint density at radius 1 is 1.26 bits per heavy atom. The van der Waals surface area contributed by atoms with E-state index in [1.165, 1.54) is 6.07 Å². The van der Waals surface area contributed by atoms with E-state index in [-0.39, 0.29) is 11.8 Å². The minimum absolute atomic E-state index is 0.00651. The number of carbonyl (C=O) groups is 1. The van der Waals surface area contributed by atoms with Gasteiger partial charge >= 0.3 is 6.18 Å². The number of aldehydes is 1. The van der Waals surface area contributed by atoms with Gasteiger partial charge in [0.25, 0.3) is 0 Å². The molecule has 0 aliphatic heterocycles. The first-order chi connectivity index (χ1) is 12.5. The molecule has 1 aromatic carbocycles. The molecule has 1 aliphatic carbocycles. The molecule has 150 valence electrons. The summed E-state index contributed by atoms with van der Waals surface area (Å²) in [5.41, 5.74) is -0.289. The normalized spacial score (nSPS) is 24.7. The maximum Gasteiger partial charge on any atom is 0.416 e. The molecule has 0 spiro atoms. The molecule has 1 N–H and O–H groups in total. The summed E-state index contributed by atoms with van der Waals surface area (Å²) in [5, 5.41) is 3.27. The molecule has 0 heterocycles. The molecule has 3 nitrogen and oxygen atoms in total. The molecule has 0 amide bonds. The molecular formula is C21H29F3N2O. The van der Waals surface area contributed by atoms with E-state index in [2.05, 4.69) is 26.1 Å². The van der Waals surface area contributed by atoms with Gasteiger partial charge in [-0.3, -0.25) is 10.3 Å². The molecule has 0 unspecified atom stereocenters. The predicted octanol–water partition coefficient (Wildman–Crippen LogP) is 5.24. The van der Waals surface area contributed by atoms with Gasteiger partial charge < -0.3 is 4.79 Å². The number of benzene rings is 1. The van der Waals surface area contributed by atoms with Gasteiger partial charge in [-0.25, -0.2) is 0 Å². The standard InChI is InChI=1S/C21H29F3N2O/c1-19(2,3)16-8-11-20(25-4,12-9-16)26-18(10-13-27)15-6-5-7-17(14-15)21(22,23)24/h5-7,13-14,16,25H,8-12H2,1-4H3/b26-18+. The minimum atomic E-state index is -4.42. The van der Waals surface area contributed by atoms with Crippen LogP contribution >= 0.6 is 0 Å². The van der Waals surface area contributed by atoms with E-state index in [0.29, 0.717) is 23.5 Å². The number of nitrogens with one attached hydrogen (secondary N) is 1. The van der Waals surface area contributed by atoms with Gasteiger partial charge in [0, 0.05) is 6.42 Å². The van der Waals surface area contributed by atoms with E-state index in [1.54, 1.807) is 6.07 Å². The molecule has 0 saturated heterocycles. The number of carbonyl (C=O) groups excluding carboxylic acids is 1. The van der Waals surface area contributed by atoms with Gasteiger partial charge in [0.15, 0.2) is 0 Å². The Morgan fingerprint density at radius 3 is 2.37 bits per heavy atom. The zero-order valence-corrected chi connectivity index (χ0v) is 16.5. The van der Waals surface area contributed by atoms with E-state index >= 15 is 0 Å². The van der Waals surface area contributed by atoms with Gasteiger partial charge in [0.05, 0.1) is 11.3 Å². The lowest BCUT2D eigenvalue weighted by Gasteiger charge is -2.42. The van der Waals surface area contributed by atoms with Crippen LogP contribution in [0.2, 0.25) is 0 Å². The van der Waals surface area contributed by atoms with Crippen molar-refractivity contribution < 1.29 is 18.0 Å². The lowest BCUT2D eigenvalue weighted by Crippen LogP contribution is -2.46. The zero-order chi connectivity index (χ0) is 20.3. The number of rotatable bonds is 5. The number of alkyl halides is 3. The van der Waals surface area contributed by atoms with E-state index in [1.807, 2.05) is 7.05 Å². The third-order valence-electron chi connectivity index (χ3n) is 5.65. The first-order valence-corrected chi connectivity index (χ1v) is 9.40. The topological polar surface area (TPSA) is 41.5 Å². The molecule has 1 aromatic rings. The molecular weight excluding hydrogens is 353 g/mol. The van der Waals surface area contributed by atoms with E-state index in [9.17, 15) is 18.0 Å². The van der Waals surface area contributed by atoms with Crippen LogP contribution in [0.15, 0.2) is 29.3 Å². The van der Waals surface area contributed by atoms with E-state index in [4.69, 9.17) is 4.99 Å². The van der Waals surface area contributed by atoms with Crippen molar-refractivity contribution in [1.29, 1.82) is 0 Å². The summed E-state index contributed by atoms with van der Waals surface area (Å²) in [7, 11) is 1.82. The van der Waals surface area contributed by atoms with Crippen molar-refractivity contribution in [3.05, 3.63) is 35.4 Å². The highest BCUT2D eigenvalue weighted by Crippen LogP contribution is 2.42. The fourth-order valence-corrected chi connectivity index (χ4v) is 3.82. The van der Waals surface area contributed by atoms with E-state index in [0.717, 1.165) is 37.8 Å². The monoisotopic (exact) mass is 382 g/mol. The fraction of sp³-hybridized carbons (Fsp3) is 0.619. The van der Waals surface area contributed by atoms with Crippen molar-refractivity contribution in [2.24, 2.45) is 16.3 Å². The Bertz CT molecular complexity index is 681. The van der Waals surface area contributed by atoms with Crippen LogP contribution in [0, 0.1) is 11.3 Å². The maximum absolute atomic E-state index is 13.1. The fourth-order valence-electron chi connectivity index (χ4n) is 3.82. The molecule has 1 saturated carbocycles. The van der Waals surface area contributed by atoms with Crippen LogP contribution in [0.3, 0.4) is 0 Å². The molecule has 6 heteroatoms. The highest BCUT2D eigenvalue weighted by Gasteiger charge is 2.38. The van der Waals surface area contributed by atoms with Crippen molar-refractivity contribution in [3.63, 3.8) is 0 Å². The van der Waals surface area contributed by atoms with Crippen LogP contribution in [0.5, 0.6) is 0 Å². The summed E-state index contributed by atoms with van der Waals surface area (Å²) >= 11 is 0. The lowest BCUT2D eigenvalue weighted by atomic mass is 9.69. The van der Waals surface area contributed by atoms with Crippen molar-refractivity contribution in [2.75, 3.05) is 7.05 Å². The van der Waals surface area contributed by atoms with Crippen LogP contribution in [0.4, 0.5) is 13.2 Å². The first-order valence-electron chi connectivity index (χ1n) is 9.40. The van der Waals surface area contributed by atoms with Crippen molar-refractivity contribution in [2.45, 2.75) is 64.7 Å². The number of aliphatic imine (C=N–C) groups is 1. The van der Waals surface area contributed by atoms with Crippen molar-refractivity contribution in [1.82, 2.24) is 5.32 Å². The highest BCUT2D eigenvalue weighted by atomic mass is 19.4. The van der Waals surface area contributed by atoms with Crippen LogP contribution < -0.4 is 5.32 Å². The Kier molecular flexibility index (Phi) is 6.51. The second-order valence-corrected chi connectivity index (χ2v) is 8.43. The molecule has 0 atom stereocenters. The third-order valence-corrected chi connectivity index (χ3v) is 5.65. The molecule has 1 aliphatic rings. The largest absolute Gasteiger partial charge is 0.416 e. The summed E-state index contributed by atoms with van der Waals surface area (Å²) in [6.07, 6.45) is -0.153. The molecule has 27 heavy (non-hydrogen) atoms. The molecule has 2 rings (SSSR count). The Labute approximate surface area is 159 Å². The van der Waals surface area contributed by atoms with Crippen LogP contribution in [-0.4, -0.2) is 24.7 Å². The summed E-state index contributed by atoms with van der Waals surface area (Å²) in [6, 6.07) is 5.06. The summed E-state index contributed by atoms with van der Waals surface area (Å²) in [5.74, 6) is 0.581. The Hall–Kier alpha value is -1.69. The Morgan fingerprint density at radius 2 is 1.89 bits per heavy atom. The van der Waals surface area contributed by atoms with Gasteiger partial charge in [-0.15, -0.1) is 0 Å². The lowest BCUT2D eigenvalue weighted by molar-refractivity contribution is -0.137. The zero-order valence-electron chi connectivity index (χ0n) is 16.5. The smallest absolute Gasteiger partial charge is 0.303 e. The molecule has 0 radical (unpaired) electrons. The number of halogens is 3. The maximum atomic E-state index is 13.1. The summed E-state index contributed by atoms with van der Waals surface area (Å²) < 4.78 is 39.2. The first kappa shape index (κ1) is 21.6. The van der Waals surface area contributed by atoms with Crippen molar-refractivity contribution in [3.8, 4) is 0 Å². The summed E-state index contributed by atoms with van der Waals surface area (Å²) in [4.78, 5) is 16.0. The van der Waals surface area contributed by atoms with Crippen LogP contribution in [0.1, 0.15) is 64.0 Å². The molecule has 1 fully saturated rings. The van der Waals surface area contributed by atoms with Gasteiger partial charge in [0.2, 0.25) is 0 Å². The highest BCUT2D eigenvalue weighted by molar-refractivity contribution is 6.06. The SMILES string of the molecule is CNC1(/N=C(\CC=O)c2cccc(C(F)(F)F)c2)CCC(C(C)(C)C)CC1. The summed E-state index contributed by atoms with van der Waals surface area (Å²) in [6.45, 7) is 6.69. The second-order valence-electron chi connectivity index (χ2n) is 8.43. The van der Waals surface area contributed by atoms with Gasteiger partial charge in [-0.1, -0.05) is 32.9 Å². The second kappa shape index (κ2) is 8.13. The van der Waals surface area contributed by atoms with Gasteiger partial charge in [0.1, 0.15) is 11.9 Å². The van der Waals surface area contributed by atoms with Gasteiger partial charge in [-0.2, -0.15) is 13.2 Å². The average Bonchev–Trinajstić information content (AvgIpc) is 2.60. The number of hydrogen-bond donors (Lipinski definition) is 1. The minimum Gasteiger partial charge on any atom is -0.303 e. The predicted molar refractivity (Wildman–Crippen MR) is 102 cm³/mol. The van der Waals surface area contributed by atoms with Crippen LogP contribution in [-0.2, 0) is 11.0 Å². The molecule has 0 aromatic heterocycles. The number of hydrogen-bond acceptors (Lipinski definition) is 3. The molecule has 0 bridgehead atoms. The van der Waals surface area contributed by atoms with E-state index < -0.39 is 17.4 Å². The van der Waals surface area contributed by atoms with Crippen molar-refractivity contribution >= 4 is 12.0 Å².